The van der Waals surface area contributed by atoms with Crippen LogP contribution in [0.15, 0.2) is 18.2 Å². The van der Waals surface area contributed by atoms with E-state index >= 15 is 0 Å². The average Bonchev–Trinajstić information content (AvgIpc) is 2.23. The second-order valence-electron chi connectivity index (χ2n) is 3.53. The van der Waals surface area contributed by atoms with Crippen molar-refractivity contribution in [3.8, 4) is 0 Å². The molecule has 1 heterocycles. The van der Waals surface area contributed by atoms with E-state index in [1.54, 1.807) is 0 Å². The Labute approximate surface area is 94.0 Å². The minimum Gasteiger partial charge on any atom is -0.381 e. The minimum atomic E-state index is 0.509. The van der Waals surface area contributed by atoms with Gasteiger partial charge in [-0.25, -0.2) is 0 Å². The molecule has 1 fully saturated rings. The number of hydrogen-bond donors (Lipinski definition) is 0. The van der Waals surface area contributed by atoms with Crippen LogP contribution in [0.2, 0.25) is 10.0 Å². The molecular formula is C11H12Cl2O. The second kappa shape index (κ2) is 4.52. The lowest BCUT2D eigenvalue weighted by molar-refractivity contribution is 0.0853. The molecule has 0 amide bonds. The van der Waals surface area contributed by atoms with Gasteiger partial charge in [0.15, 0.2) is 0 Å². The van der Waals surface area contributed by atoms with E-state index in [-0.39, 0.29) is 0 Å². The molecule has 1 nitrogen and oxygen atoms in total. The first-order chi connectivity index (χ1) is 6.79. The summed E-state index contributed by atoms with van der Waals surface area (Å²) in [7, 11) is 0. The summed E-state index contributed by atoms with van der Waals surface area (Å²) in [5.41, 5.74) is 1.17. The SMILES string of the molecule is Clc1cccc(C2CCOCC2)c1Cl. The molecule has 0 N–H and O–H groups in total. The lowest BCUT2D eigenvalue weighted by Gasteiger charge is -2.23. The average molecular weight is 231 g/mol. The molecule has 2 rings (SSSR count). The Hall–Kier alpha value is -0.240. The van der Waals surface area contributed by atoms with Crippen molar-refractivity contribution in [3.05, 3.63) is 33.8 Å². The Morgan fingerprint density at radius 3 is 2.57 bits per heavy atom. The van der Waals surface area contributed by atoms with E-state index in [0.29, 0.717) is 16.0 Å². The first kappa shape index (κ1) is 10.3. The number of halogens is 2. The summed E-state index contributed by atoms with van der Waals surface area (Å²) in [6.07, 6.45) is 2.08. The highest BCUT2D eigenvalue weighted by Gasteiger charge is 2.19. The van der Waals surface area contributed by atoms with Gasteiger partial charge in [0.25, 0.3) is 0 Å². The number of hydrogen-bond acceptors (Lipinski definition) is 1. The highest BCUT2D eigenvalue weighted by atomic mass is 35.5. The molecule has 0 aromatic heterocycles. The zero-order valence-electron chi connectivity index (χ0n) is 7.80. The van der Waals surface area contributed by atoms with Crippen LogP contribution in [0.4, 0.5) is 0 Å². The van der Waals surface area contributed by atoms with Crippen LogP contribution in [-0.2, 0) is 4.74 Å². The van der Waals surface area contributed by atoms with Gasteiger partial charge in [0.05, 0.1) is 10.0 Å². The Bertz CT molecular complexity index is 319. The lowest BCUT2D eigenvalue weighted by Crippen LogP contribution is -2.14. The van der Waals surface area contributed by atoms with E-state index in [4.69, 9.17) is 27.9 Å². The van der Waals surface area contributed by atoms with Crippen molar-refractivity contribution in [2.45, 2.75) is 18.8 Å². The molecular weight excluding hydrogens is 219 g/mol. The van der Waals surface area contributed by atoms with E-state index < -0.39 is 0 Å². The van der Waals surface area contributed by atoms with Gasteiger partial charge in [-0.05, 0) is 30.4 Å². The van der Waals surface area contributed by atoms with Crippen LogP contribution in [0.3, 0.4) is 0 Å². The van der Waals surface area contributed by atoms with Crippen molar-refractivity contribution in [1.29, 1.82) is 0 Å². The van der Waals surface area contributed by atoms with Crippen LogP contribution in [-0.4, -0.2) is 13.2 Å². The van der Waals surface area contributed by atoms with Gasteiger partial charge in [0, 0.05) is 13.2 Å². The minimum absolute atomic E-state index is 0.509. The molecule has 0 atom stereocenters. The highest BCUT2D eigenvalue weighted by Crippen LogP contribution is 2.35. The monoisotopic (exact) mass is 230 g/mol. The quantitative estimate of drug-likeness (QED) is 0.712. The van der Waals surface area contributed by atoms with Crippen LogP contribution in [0.25, 0.3) is 0 Å². The van der Waals surface area contributed by atoms with Gasteiger partial charge in [-0.3, -0.25) is 0 Å². The zero-order valence-corrected chi connectivity index (χ0v) is 9.31. The standard InChI is InChI=1S/C11H12Cl2O/c12-10-3-1-2-9(11(10)13)8-4-6-14-7-5-8/h1-3,8H,4-7H2. The summed E-state index contributed by atoms with van der Waals surface area (Å²) < 4.78 is 5.32. The van der Waals surface area contributed by atoms with E-state index in [1.165, 1.54) is 5.56 Å². The first-order valence-corrected chi connectivity index (χ1v) is 5.56. The summed E-state index contributed by atoms with van der Waals surface area (Å²) in [6, 6.07) is 5.84. The maximum absolute atomic E-state index is 6.15. The van der Waals surface area contributed by atoms with Crippen LogP contribution >= 0.6 is 23.2 Å². The molecule has 1 aromatic carbocycles. The van der Waals surface area contributed by atoms with E-state index in [9.17, 15) is 0 Å². The number of ether oxygens (including phenoxy) is 1. The van der Waals surface area contributed by atoms with Crippen LogP contribution in [0, 0.1) is 0 Å². The molecule has 14 heavy (non-hydrogen) atoms. The van der Waals surface area contributed by atoms with Gasteiger partial charge in [-0.1, -0.05) is 35.3 Å². The fraction of sp³-hybridized carbons (Fsp3) is 0.455. The fourth-order valence-electron chi connectivity index (χ4n) is 1.84. The molecule has 76 valence electrons. The second-order valence-corrected chi connectivity index (χ2v) is 4.31. The van der Waals surface area contributed by atoms with Gasteiger partial charge in [0.1, 0.15) is 0 Å². The van der Waals surface area contributed by atoms with Gasteiger partial charge in [-0.2, -0.15) is 0 Å². The van der Waals surface area contributed by atoms with Gasteiger partial charge >= 0.3 is 0 Å². The summed E-state index contributed by atoms with van der Waals surface area (Å²) >= 11 is 12.1. The molecule has 1 saturated heterocycles. The molecule has 0 radical (unpaired) electrons. The van der Waals surface area contributed by atoms with Gasteiger partial charge in [0.2, 0.25) is 0 Å². The van der Waals surface area contributed by atoms with E-state index in [1.807, 2.05) is 12.1 Å². The largest absolute Gasteiger partial charge is 0.381 e. The number of rotatable bonds is 1. The first-order valence-electron chi connectivity index (χ1n) is 4.80. The normalized spacial score (nSPS) is 18.4. The van der Waals surface area contributed by atoms with Crippen molar-refractivity contribution in [2.24, 2.45) is 0 Å². The Morgan fingerprint density at radius 2 is 1.86 bits per heavy atom. The van der Waals surface area contributed by atoms with Gasteiger partial charge in [-0.15, -0.1) is 0 Å². The Balaban J connectivity index is 2.26. The van der Waals surface area contributed by atoms with Crippen molar-refractivity contribution in [1.82, 2.24) is 0 Å². The predicted octanol–water partition coefficient (Wildman–Crippen LogP) is 3.89. The molecule has 0 saturated carbocycles. The van der Waals surface area contributed by atoms with Crippen molar-refractivity contribution in [3.63, 3.8) is 0 Å². The molecule has 3 heteroatoms. The molecule has 1 aliphatic heterocycles. The zero-order chi connectivity index (χ0) is 9.97. The fourth-order valence-corrected chi connectivity index (χ4v) is 2.31. The van der Waals surface area contributed by atoms with E-state index in [2.05, 4.69) is 6.07 Å². The molecule has 1 aliphatic rings. The van der Waals surface area contributed by atoms with Crippen molar-refractivity contribution in [2.75, 3.05) is 13.2 Å². The Kier molecular flexibility index (Phi) is 3.32. The summed E-state index contributed by atoms with van der Waals surface area (Å²) in [5, 5.41) is 1.36. The maximum atomic E-state index is 6.15. The van der Waals surface area contributed by atoms with Gasteiger partial charge < -0.3 is 4.74 Å². The predicted molar refractivity (Wildman–Crippen MR) is 59.3 cm³/mol. The smallest absolute Gasteiger partial charge is 0.0627 e. The summed E-state index contributed by atoms with van der Waals surface area (Å²) in [5.74, 6) is 0.509. The van der Waals surface area contributed by atoms with E-state index in [0.717, 1.165) is 26.1 Å². The molecule has 0 spiro atoms. The summed E-state index contributed by atoms with van der Waals surface area (Å²) in [4.78, 5) is 0. The number of benzene rings is 1. The van der Waals surface area contributed by atoms with Crippen molar-refractivity contribution < 1.29 is 4.74 Å². The third-order valence-electron chi connectivity index (χ3n) is 2.64. The molecule has 1 aromatic rings. The molecule has 0 unspecified atom stereocenters. The topological polar surface area (TPSA) is 9.23 Å². The lowest BCUT2D eigenvalue weighted by atomic mass is 9.92. The third-order valence-corrected chi connectivity index (χ3v) is 3.48. The molecule has 0 aliphatic carbocycles. The summed E-state index contributed by atoms with van der Waals surface area (Å²) in [6.45, 7) is 1.65. The van der Waals surface area contributed by atoms with Crippen LogP contribution in [0.5, 0.6) is 0 Å². The molecule has 0 bridgehead atoms. The third kappa shape index (κ3) is 2.05. The Morgan fingerprint density at radius 1 is 1.14 bits per heavy atom. The highest BCUT2D eigenvalue weighted by molar-refractivity contribution is 6.42. The van der Waals surface area contributed by atoms with Crippen molar-refractivity contribution >= 4 is 23.2 Å². The van der Waals surface area contributed by atoms with Crippen LogP contribution in [0.1, 0.15) is 24.3 Å². The van der Waals surface area contributed by atoms with Crippen LogP contribution < -0.4 is 0 Å². The maximum Gasteiger partial charge on any atom is 0.0627 e.